The van der Waals surface area contributed by atoms with Gasteiger partial charge in [0.25, 0.3) is 0 Å². The number of rotatable bonds is 7. The van der Waals surface area contributed by atoms with Crippen LogP contribution in [0.4, 0.5) is 5.69 Å². The molecule has 2 N–H and O–H groups in total. The third-order valence-corrected chi connectivity index (χ3v) is 4.24. The molecule has 0 fully saturated rings. The molecule has 0 atom stereocenters. The molecule has 0 spiro atoms. The molecule has 1 aromatic carbocycles. The standard InChI is InChI=1S/C12H19NO4S/c1-3-17-10-5-6-11(13)12(9-10)18(14,15)8-4-7-16-2/h5-6,9H,3-4,7-8,13H2,1-2H3. The Morgan fingerprint density at radius 1 is 1.33 bits per heavy atom. The molecular weight excluding hydrogens is 254 g/mol. The quantitative estimate of drug-likeness (QED) is 0.601. The summed E-state index contributed by atoms with van der Waals surface area (Å²) in [7, 11) is -1.85. The van der Waals surface area contributed by atoms with Gasteiger partial charge in [-0.3, -0.25) is 0 Å². The summed E-state index contributed by atoms with van der Waals surface area (Å²) >= 11 is 0. The lowest BCUT2D eigenvalue weighted by Crippen LogP contribution is -2.11. The Balaban J connectivity index is 2.95. The van der Waals surface area contributed by atoms with E-state index in [4.69, 9.17) is 15.2 Å². The minimum Gasteiger partial charge on any atom is -0.494 e. The second-order valence-corrected chi connectivity index (χ2v) is 5.88. The molecular formula is C12H19NO4S. The van der Waals surface area contributed by atoms with Gasteiger partial charge in [0.1, 0.15) is 5.75 Å². The van der Waals surface area contributed by atoms with Crippen molar-refractivity contribution in [1.82, 2.24) is 0 Å². The maximum absolute atomic E-state index is 12.1. The first-order chi connectivity index (χ1) is 8.51. The van der Waals surface area contributed by atoms with Crippen LogP contribution in [0.5, 0.6) is 5.75 Å². The Labute approximate surface area is 108 Å². The van der Waals surface area contributed by atoms with Crippen molar-refractivity contribution in [2.24, 2.45) is 0 Å². The maximum Gasteiger partial charge on any atom is 0.180 e. The van der Waals surface area contributed by atoms with E-state index in [2.05, 4.69) is 0 Å². The van der Waals surface area contributed by atoms with E-state index in [0.717, 1.165) is 0 Å². The van der Waals surface area contributed by atoms with Crippen LogP contribution in [-0.4, -0.2) is 34.5 Å². The van der Waals surface area contributed by atoms with Gasteiger partial charge in [0.15, 0.2) is 9.84 Å². The summed E-state index contributed by atoms with van der Waals surface area (Å²) in [6.07, 6.45) is 0.442. The SMILES string of the molecule is CCOc1ccc(N)c(S(=O)(=O)CCCOC)c1. The highest BCUT2D eigenvalue weighted by Crippen LogP contribution is 2.25. The number of nitrogens with two attached hydrogens (primary N) is 1. The van der Waals surface area contributed by atoms with Crippen molar-refractivity contribution in [3.8, 4) is 5.75 Å². The maximum atomic E-state index is 12.1. The van der Waals surface area contributed by atoms with E-state index in [0.29, 0.717) is 25.4 Å². The van der Waals surface area contributed by atoms with Crippen LogP contribution in [0.1, 0.15) is 13.3 Å². The largest absolute Gasteiger partial charge is 0.494 e. The predicted octanol–water partition coefficient (Wildman–Crippen LogP) is 1.48. The average molecular weight is 273 g/mol. The topological polar surface area (TPSA) is 78.6 Å². The van der Waals surface area contributed by atoms with Gasteiger partial charge >= 0.3 is 0 Å². The lowest BCUT2D eigenvalue weighted by molar-refractivity contribution is 0.199. The van der Waals surface area contributed by atoms with Crippen LogP contribution in [0.2, 0.25) is 0 Å². The first-order valence-corrected chi connectivity index (χ1v) is 7.40. The van der Waals surface area contributed by atoms with Gasteiger partial charge < -0.3 is 15.2 Å². The van der Waals surface area contributed by atoms with Crippen molar-refractivity contribution in [3.63, 3.8) is 0 Å². The number of ether oxygens (including phenoxy) is 2. The number of anilines is 1. The van der Waals surface area contributed by atoms with Gasteiger partial charge in [-0.05, 0) is 25.5 Å². The monoisotopic (exact) mass is 273 g/mol. The zero-order chi connectivity index (χ0) is 13.6. The van der Waals surface area contributed by atoms with E-state index in [1.165, 1.54) is 13.2 Å². The van der Waals surface area contributed by atoms with Crippen LogP contribution in [0.25, 0.3) is 0 Å². The molecule has 0 saturated heterocycles. The fourth-order valence-corrected chi connectivity index (χ4v) is 2.98. The van der Waals surface area contributed by atoms with E-state index < -0.39 is 9.84 Å². The number of methoxy groups -OCH3 is 1. The Hall–Kier alpha value is -1.27. The summed E-state index contributed by atoms with van der Waals surface area (Å²) in [5.41, 5.74) is 5.96. The summed E-state index contributed by atoms with van der Waals surface area (Å²) in [6, 6.07) is 4.68. The molecule has 0 unspecified atom stereocenters. The van der Waals surface area contributed by atoms with E-state index in [1.807, 2.05) is 6.92 Å². The summed E-state index contributed by atoms with van der Waals surface area (Å²) in [4.78, 5) is 0.129. The third kappa shape index (κ3) is 3.89. The zero-order valence-electron chi connectivity index (χ0n) is 10.7. The normalized spacial score (nSPS) is 11.4. The van der Waals surface area contributed by atoms with Crippen molar-refractivity contribution in [1.29, 1.82) is 0 Å². The predicted molar refractivity (Wildman–Crippen MR) is 70.6 cm³/mol. The van der Waals surface area contributed by atoms with E-state index in [1.54, 1.807) is 12.1 Å². The van der Waals surface area contributed by atoms with Gasteiger partial charge in [-0.15, -0.1) is 0 Å². The van der Waals surface area contributed by atoms with Gasteiger partial charge in [0, 0.05) is 19.8 Å². The van der Waals surface area contributed by atoms with Crippen molar-refractivity contribution in [2.75, 3.05) is 31.8 Å². The van der Waals surface area contributed by atoms with Crippen LogP contribution in [0, 0.1) is 0 Å². The molecule has 0 bridgehead atoms. The van der Waals surface area contributed by atoms with Crippen LogP contribution in [-0.2, 0) is 14.6 Å². The molecule has 0 aromatic heterocycles. The van der Waals surface area contributed by atoms with E-state index in [9.17, 15) is 8.42 Å². The van der Waals surface area contributed by atoms with E-state index >= 15 is 0 Å². The number of nitrogen functional groups attached to an aromatic ring is 1. The van der Waals surface area contributed by atoms with Crippen LogP contribution < -0.4 is 10.5 Å². The highest BCUT2D eigenvalue weighted by atomic mass is 32.2. The van der Waals surface area contributed by atoms with Crippen molar-refractivity contribution in [3.05, 3.63) is 18.2 Å². The summed E-state index contributed by atoms with van der Waals surface area (Å²) in [6.45, 7) is 2.72. The lowest BCUT2D eigenvalue weighted by Gasteiger charge is -2.10. The van der Waals surface area contributed by atoms with Crippen LogP contribution in [0.15, 0.2) is 23.1 Å². The molecule has 0 aliphatic heterocycles. The second-order valence-electron chi connectivity index (χ2n) is 3.80. The molecule has 1 aromatic rings. The number of hydrogen-bond acceptors (Lipinski definition) is 5. The first kappa shape index (κ1) is 14.8. The van der Waals surface area contributed by atoms with Gasteiger partial charge in [0.05, 0.1) is 22.9 Å². The zero-order valence-corrected chi connectivity index (χ0v) is 11.5. The minimum atomic E-state index is -3.39. The molecule has 6 heteroatoms. The molecule has 0 aliphatic rings. The van der Waals surface area contributed by atoms with Crippen LogP contribution in [0.3, 0.4) is 0 Å². The fraction of sp³-hybridized carbons (Fsp3) is 0.500. The molecule has 102 valence electrons. The van der Waals surface area contributed by atoms with Gasteiger partial charge in [0.2, 0.25) is 0 Å². The fourth-order valence-electron chi connectivity index (χ4n) is 1.54. The first-order valence-electron chi connectivity index (χ1n) is 5.75. The molecule has 5 nitrogen and oxygen atoms in total. The number of sulfone groups is 1. The highest BCUT2D eigenvalue weighted by Gasteiger charge is 2.18. The number of hydrogen-bond donors (Lipinski definition) is 1. The Morgan fingerprint density at radius 3 is 2.67 bits per heavy atom. The van der Waals surface area contributed by atoms with Gasteiger partial charge in [-0.1, -0.05) is 0 Å². The summed E-state index contributed by atoms with van der Waals surface area (Å²) < 4.78 is 34.3. The van der Waals surface area contributed by atoms with E-state index in [-0.39, 0.29) is 16.3 Å². The third-order valence-electron chi connectivity index (χ3n) is 2.39. The molecule has 0 radical (unpaired) electrons. The average Bonchev–Trinajstić information content (AvgIpc) is 2.32. The minimum absolute atomic E-state index is 0.0145. The van der Waals surface area contributed by atoms with Crippen molar-refractivity contribution >= 4 is 15.5 Å². The van der Waals surface area contributed by atoms with Crippen molar-refractivity contribution in [2.45, 2.75) is 18.2 Å². The van der Waals surface area contributed by atoms with Crippen molar-refractivity contribution < 1.29 is 17.9 Å². The molecule has 0 aliphatic carbocycles. The Morgan fingerprint density at radius 2 is 2.06 bits per heavy atom. The summed E-state index contributed by atoms with van der Waals surface area (Å²) in [5, 5.41) is 0. The lowest BCUT2D eigenvalue weighted by atomic mass is 10.3. The molecule has 18 heavy (non-hydrogen) atoms. The molecule has 0 amide bonds. The van der Waals surface area contributed by atoms with Gasteiger partial charge in [-0.2, -0.15) is 0 Å². The summed E-state index contributed by atoms with van der Waals surface area (Å²) in [5.74, 6) is 0.526. The Kier molecular flexibility index (Phi) is 5.43. The molecule has 1 rings (SSSR count). The van der Waals surface area contributed by atoms with Gasteiger partial charge in [-0.25, -0.2) is 8.42 Å². The highest BCUT2D eigenvalue weighted by molar-refractivity contribution is 7.91. The smallest absolute Gasteiger partial charge is 0.180 e. The second kappa shape index (κ2) is 6.61. The molecule has 0 heterocycles. The molecule has 0 saturated carbocycles. The Bertz CT molecular complexity index is 485. The number of benzene rings is 1. The van der Waals surface area contributed by atoms with Crippen LogP contribution >= 0.6 is 0 Å².